The maximum atomic E-state index is 10.7. The van der Waals surface area contributed by atoms with Gasteiger partial charge in [0, 0.05) is 10.6 Å². The summed E-state index contributed by atoms with van der Waals surface area (Å²) in [5.74, 6) is -0.393. The number of nitrogens with zero attached hydrogens (tertiary/aromatic N) is 1. The van der Waals surface area contributed by atoms with Crippen LogP contribution in [0.3, 0.4) is 0 Å². The van der Waals surface area contributed by atoms with Crippen molar-refractivity contribution in [3.05, 3.63) is 55.1 Å². The van der Waals surface area contributed by atoms with Gasteiger partial charge < -0.3 is 14.6 Å². The molecule has 5 nitrogen and oxygen atoms in total. The fourth-order valence-corrected chi connectivity index (χ4v) is 3.43. The normalized spacial score (nSPS) is 11.0. The Morgan fingerprint density at radius 1 is 1.35 bits per heavy atom. The Bertz CT molecular complexity index is 922. The second-order valence-corrected chi connectivity index (χ2v) is 7.02. The lowest BCUT2D eigenvalue weighted by Crippen LogP contribution is -2.11. The summed E-state index contributed by atoms with van der Waals surface area (Å²) in [4.78, 5) is 10.7. The largest absolute Gasteiger partial charge is 0.493 e. The topological polar surface area (TPSA) is 79.5 Å². The molecule has 8 heteroatoms. The first-order valence-electron chi connectivity index (χ1n) is 7.15. The number of rotatable bonds is 6. The number of hydrogen-bond acceptors (Lipinski definition) is 4. The number of hydrogen-bond donors (Lipinski definition) is 1. The number of halogens is 3. The smallest absolute Gasteiger partial charge is 0.341 e. The molecular formula is C18H12Cl2INO4. The van der Waals surface area contributed by atoms with Crippen LogP contribution < -0.4 is 9.47 Å². The number of aliphatic carboxylic acids is 1. The number of carboxylic acid groups (broad SMARTS) is 1. The number of benzene rings is 2. The predicted octanol–water partition coefficient (Wildman–Crippen LogP) is 5.13. The van der Waals surface area contributed by atoms with E-state index in [9.17, 15) is 10.1 Å². The van der Waals surface area contributed by atoms with Gasteiger partial charge >= 0.3 is 5.97 Å². The lowest BCUT2D eigenvalue weighted by molar-refractivity contribution is -0.139. The highest BCUT2D eigenvalue weighted by Gasteiger charge is 2.14. The van der Waals surface area contributed by atoms with E-state index in [1.165, 1.54) is 7.11 Å². The zero-order valence-corrected chi connectivity index (χ0v) is 17.1. The summed E-state index contributed by atoms with van der Waals surface area (Å²) in [7, 11) is 1.45. The highest BCUT2D eigenvalue weighted by Crippen LogP contribution is 2.36. The number of carboxylic acids is 1. The molecule has 0 spiro atoms. The molecule has 0 aromatic heterocycles. The van der Waals surface area contributed by atoms with E-state index in [1.807, 2.05) is 22.6 Å². The second-order valence-electron chi connectivity index (χ2n) is 5.01. The molecule has 2 rings (SSSR count). The third-order valence-electron chi connectivity index (χ3n) is 3.24. The van der Waals surface area contributed by atoms with Crippen molar-refractivity contribution in [1.82, 2.24) is 0 Å². The minimum atomic E-state index is -1.09. The van der Waals surface area contributed by atoms with Crippen molar-refractivity contribution >= 4 is 63.4 Å². The van der Waals surface area contributed by atoms with Gasteiger partial charge in [0.1, 0.15) is 0 Å². The molecule has 1 N–H and O–H groups in total. The van der Waals surface area contributed by atoms with Crippen LogP contribution in [0.15, 0.2) is 30.3 Å². The van der Waals surface area contributed by atoms with Crippen LogP contribution in [0.1, 0.15) is 11.1 Å². The molecule has 2 aromatic carbocycles. The molecule has 0 saturated heterocycles. The maximum absolute atomic E-state index is 10.7. The number of allylic oxidation sites excluding steroid dienone is 1. The molecule has 26 heavy (non-hydrogen) atoms. The maximum Gasteiger partial charge on any atom is 0.341 e. The highest BCUT2D eigenvalue weighted by atomic mass is 127. The Balaban J connectivity index is 2.47. The van der Waals surface area contributed by atoms with Gasteiger partial charge in [-0.15, -0.1) is 0 Å². The molecule has 0 aliphatic heterocycles. The molecule has 0 saturated carbocycles. The van der Waals surface area contributed by atoms with Gasteiger partial charge in [0.2, 0.25) is 0 Å². The van der Waals surface area contributed by atoms with Crippen molar-refractivity contribution in [1.29, 1.82) is 5.26 Å². The van der Waals surface area contributed by atoms with Crippen molar-refractivity contribution in [3.63, 3.8) is 0 Å². The van der Waals surface area contributed by atoms with E-state index in [-0.39, 0.29) is 0 Å². The van der Waals surface area contributed by atoms with Crippen LogP contribution in [-0.2, 0) is 4.79 Å². The molecular weight excluding hydrogens is 492 g/mol. The molecule has 0 aliphatic rings. The van der Waals surface area contributed by atoms with Gasteiger partial charge in [0.15, 0.2) is 18.1 Å². The summed E-state index contributed by atoms with van der Waals surface area (Å²) in [6.07, 6.45) is 1.65. The van der Waals surface area contributed by atoms with Crippen LogP contribution in [0.5, 0.6) is 11.5 Å². The van der Waals surface area contributed by atoms with E-state index < -0.39 is 12.6 Å². The number of methoxy groups -OCH3 is 1. The first-order valence-corrected chi connectivity index (χ1v) is 8.98. The van der Waals surface area contributed by atoms with Crippen molar-refractivity contribution in [2.45, 2.75) is 0 Å². The third kappa shape index (κ3) is 5.04. The van der Waals surface area contributed by atoms with E-state index in [0.29, 0.717) is 41.8 Å². The average Bonchev–Trinajstić information content (AvgIpc) is 2.58. The molecule has 0 aliphatic carbocycles. The Hall–Kier alpha value is -1.95. The van der Waals surface area contributed by atoms with Gasteiger partial charge in [0.05, 0.1) is 27.3 Å². The molecule has 0 amide bonds. The molecule has 2 aromatic rings. The first-order chi connectivity index (χ1) is 12.3. The van der Waals surface area contributed by atoms with Gasteiger partial charge in [-0.1, -0.05) is 29.3 Å². The number of carbonyl (C=O) groups is 1. The van der Waals surface area contributed by atoms with Gasteiger partial charge in [0.25, 0.3) is 0 Å². The SMILES string of the molecule is COc1cc(C=C(C#N)c2ccc(Cl)cc2Cl)cc(I)c1OCC(=O)O. The van der Waals surface area contributed by atoms with Gasteiger partial charge in [-0.2, -0.15) is 5.26 Å². The van der Waals surface area contributed by atoms with E-state index >= 15 is 0 Å². The molecule has 0 bridgehead atoms. The summed E-state index contributed by atoms with van der Waals surface area (Å²) in [5.41, 5.74) is 1.58. The van der Waals surface area contributed by atoms with Crippen molar-refractivity contribution in [3.8, 4) is 17.6 Å². The molecule has 0 fully saturated rings. The van der Waals surface area contributed by atoms with Crippen molar-refractivity contribution in [2.75, 3.05) is 13.7 Å². The van der Waals surface area contributed by atoms with Gasteiger partial charge in [-0.05, 0) is 58.5 Å². The van der Waals surface area contributed by atoms with Crippen LogP contribution in [0.25, 0.3) is 11.6 Å². The molecule has 0 radical (unpaired) electrons. The van der Waals surface area contributed by atoms with Crippen molar-refractivity contribution < 1.29 is 19.4 Å². The zero-order valence-electron chi connectivity index (χ0n) is 13.4. The molecule has 134 valence electrons. The predicted molar refractivity (Wildman–Crippen MR) is 109 cm³/mol. The van der Waals surface area contributed by atoms with Crippen LogP contribution in [0.2, 0.25) is 10.0 Å². The molecule has 0 atom stereocenters. The number of nitriles is 1. The summed E-state index contributed by atoms with van der Waals surface area (Å²) in [6.45, 7) is -0.481. The minimum Gasteiger partial charge on any atom is -0.493 e. The quantitative estimate of drug-likeness (QED) is 0.335. The molecule has 0 unspecified atom stereocenters. The lowest BCUT2D eigenvalue weighted by atomic mass is 10.0. The Kier molecular flexibility index (Phi) is 7.14. The third-order valence-corrected chi connectivity index (χ3v) is 4.59. The van der Waals surface area contributed by atoms with E-state index in [4.69, 9.17) is 37.8 Å². The summed E-state index contributed by atoms with van der Waals surface area (Å²) in [6, 6.07) is 10.4. The average molecular weight is 504 g/mol. The van der Waals surface area contributed by atoms with E-state index in [2.05, 4.69) is 6.07 Å². The molecule has 0 heterocycles. The van der Waals surface area contributed by atoms with Crippen LogP contribution in [-0.4, -0.2) is 24.8 Å². The Morgan fingerprint density at radius 2 is 2.08 bits per heavy atom. The fourth-order valence-electron chi connectivity index (χ4n) is 2.14. The van der Waals surface area contributed by atoms with Crippen molar-refractivity contribution in [2.24, 2.45) is 0 Å². The summed E-state index contributed by atoms with van der Waals surface area (Å²) >= 11 is 14.1. The monoisotopic (exact) mass is 503 g/mol. The summed E-state index contributed by atoms with van der Waals surface area (Å²) < 4.78 is 11.2. The second kappa shape index (κ2) is 9.12. The lowest BCUT2D eigenvalue weighted by Gasteiger charge is -2.12. The van der Waals surface area contributed by atoms with Crippen LogP contribution >= 0.6 is 45.8 Å². The van der Waals surface area contributed by atoms with Gasteiger partial charge in [-0.3, -0.25) is 0 Å². The summed E-state index contributed by atoms with van der Waals surface area (Å²) in [5, 5.41) is 19.1. The van der Waals surface area contributed by atoms with E-state index in [1.54, 1.807) is 36.4 Å². The minimum absolute atomic E-state index is 0.329. The van der Waals surface area contributed by atoms with E-state index in [0.717, 1.165) is 0 Å². The Labute approximate surface area is 173 Å². The highest BCUT2D eigenvalue weighted by molar-refractivity contribution is 14.1. The number of ether oxygens (including phenoxy) is 2. The van der Waals surface area contributed by atoms with Gasteiger partial charge in [-0.25, -0.2) is 4.79 Å². The standard InChI is InChI=1S/C18H12Cl2INO4/c1-25-16-6-10(5-15(21)18(16)26-9-17(23)24)4-11(8-22)13-3-2-12(19)7-14(13)20/h2-7H,9H2,1H3,(H,23,24). The van der Waals surface area contributed by atoms with Crippen LogP contribution in [0, 0.1) is 14.9 Å². The Morgan fingerprint density at radius 3 is 2.65 bits per heavy atom. The van der Waals surface area contributed by atoms with Crippen LogP contribution in [0.4, 0.5) is 0 Å². The fraction of sp³-hybridized carbons (Fsp3) is 0.111. The zero-order chi connectivity index (χ0) is 19.3. The first kappa shape index (κ1) is 20.4.